The first-order valence-corrected chi connectivity index (χ1v) is 6.32. The average molecular weight is 250 g/mol. The molecule has 0 saturated heterocycles. The highest BCUT2D eigenvalue weighted by Crippen LogP contribution is 2.16. The number of nitrogens with zero attached hydrogens (tertiary/aromatic N) is 2. The van der Waals surface area contributed by atoms with Crippen LogP contribution in [0.25, 0.3) is 5.53 Å². The van der Waals surface area contributed by atoms with E-state index in [0.29, 0.717) is 6.42 Å². The molecule has 1 rings (SSSR count). The van der Waals surface area contributed by atoms with Gasteiger partial charge in [0.15, 0.2) is 0 Å². The SMILES string of the molecule is COc1ccc(CSCCC(=O)C=[N+]=[N-])cc1. The number of thioether (sulfide) groups is 1. The summed E-state index contributed by atoms with van der Waals surface area (Å²) in [6.07, 6.45) is 1.33. The second-order valence-corrected chi connectivity index (χ2v) is 4.47. The molecule has 0 amide bonds. The zero-order valence-electron chi connectivity index (χ0n) is 9.63. The standard InChI is InChI=1S/C12H14N2O2S/c1-16-12-4-2-10(3-5-12)9-17-7-6-11(15)8-14-13/h2-5,8H,6-7,9H2,1H3. The number of rotatable bonds is 7. The van der Waals surface area contributed by atoms with Crippen molar-refractivity contribution >= 4 is 23.8 Å². The van der Waals surface area contributed by atoms with Gasteiger partial charge >= 0.3 is 6.21 Å². The topological polar surface area (TPSA) is 62.7 Å². The van der Waals surface area contributed by atoms with Crippen LogP contribution in [0.15, 0.2) is 24.3 Å². The van der Waals surface area contributed by atoms with Crippen molar-refractivity contribution in [1.82, 2.24) is 0 Å². The maximum Gasteiger partial charge on any atom is 0.323 e. The average Bonchev–Trinajstić information content (AvgIpc) is 2.36. The normalized spacial score (nSPS) is 9.47. The molecule has 5 heteroatoms. The third kappa shape index (κ3) is 5.33. The van der Waals surface area contributed by atoms with Crippen LogP contribution in [0.2, 0.25) is 0 Å². The first-order chi connectivity index (χ1) is 8.26. The van der Waals surface area contributed by atoms with E-state index in [4.69, 9.17) is 10.3 Å². The quantitative estimate of drug-likeness (QED) is 0.322. The maximum absolute atomic E-state index is 11.0. The van der Waals surface area contributed by atoms with Gasteiger partial charge in [-0.1, -0.05) is 12.1 Å². The molecule has 0 N–H and O–H groups in total. The van der Waals surface area contributed by atoms with Crippen molar-refractivity contribution in [3.63, 3.8) is 0 Å². The summed E-state index contributed by atoms with van der Waals surface area (Å²) in [7, 11) is 1.64. The Morgan fingerprint density at radius 1 is 1.47 bits per heavy atom. The van der Waals surface area contributed by atoms with E-state index in [1.54, 1.807) is 18.9 Å². The number of Topliss-reactive ketones (excluding diaryl/α,β-unsaturated/α-hetero) is 1. The highest BCUT2D eigenvalue weighted by atomic mass is 32.2. The molecule has 0 heterocycles. The Morgan fingerprint density at radius 3 is 2.76 bits per heavy atom. The van der Waals surface area contributed by atoms with Gasteiger partial charge in [-0.3, -0.25) is 4.79 Å². The van der Waals surface area contributed by atoms with Crippen molar-refractivity contribution in [3.05, 3.63) is 35.4 Å². The van der Waals surface area contributed by atoms with Crippen molar-refractivity contribution in [3.8, 4) is 5.75 Å². The van der Waals surface area contributed by atoms with Crippen LogP contribution in [0.5, 0.6) is 5.75 Å². The molecule has 0 aliphatic carbocycles. The minimum atomic E-state index is -0.158. The molecule has 0 unspecified atom stereocenters. The van der Waals surface area contributed by atoms with Crippen LogP contribution < -0.4 is 4.74 Å². The fraction of sp³-hybridized carbons (Fsp3) is 0.333. The van der Waals surface area contributed by atoms with Crippen LogP contribution in [-0.2, 0) is 10.5 Å². The Balaban J connectivity index is 2.26. The predicted molar refractivity (Wildman–Crippen MR) is 68.5 cm³/mol. The minimum absolute atomic E-state index is 0.158. The number of hydrogen-bond donors (Lipinski definition) is 0. The Hall–Kier alpha value is -1.58. The van der Waals surface area contributed by atoms with Gasteiger partial charge in [-0.25, -0.2) is 0 Å². The maximum atomic E-state index is 11.0. The smallest absolute Gasteiger partial charge is 0.323 e. The lowest BCUT2D eigenvalue weighted by atomic mass is 10.2. The third-order valence-electron chi connectivity index (χ3n) is 2.12. The summed E-state index contributed by atoms with van der Waals surface area (Å²) >= 11 is 1.67. The molecule has 0 aliphatic rings. The second kappa shape index (κ2) is 7.65. The fourth-order valence-electron chi connectivity index (χ4n) is 1.21. The first-order valence-electron chi connectivity index (χ1n) is 5.17. The number of carbonyl (C=O) groups excluding carboxylic acids is 1. The molecular weight excluding hydrogens is 236 g/mol. The van der Waals surface area contributed by atoms with Crippen molar-refractivity contribution in [2.75, 3.05) is 12.9 Å². The summed E-state index contributed by atoms with van der Waals surface area (Å²) in [4.78, 5) is 13.7. The zero-order valence-corrected chi connectivity index (χ0v) is 10.4. The van der Waals surface area contributed by atoms with Crippen LogP contribution in [0, 0.1) is 0 Å². The molecule has 0 aromatic heterocycles. The summed E-state index contributed by atoms with van der Waals surface area (Å²) in [5.74, 6) is 2.26. The Kier molecular flexibility index (Phi) is 6.07. The van der Waals surface area contributed by atoms with Crippen molar-refractivity contribution in [1.29, 1.82) is 0 Å². The Bertz CT molecular complexity index is 411. The van der Waals surface area contributed by atoms with Gasteiger partial charge in [0, 0.05) is 17.9 Å². The van der Waals surface area contributed by atoms with E-state index in [-0.39, 0.29) is 5.78 Å². The van der Waals surface area contributed by atoms with Gasteiger partial charge in [-0.15, -0.1) is 0 Å². The van der Waals surface area contributed by atoms with Crippen molar-refractivity contribution < 1.29 is 14.3 Å². The molecule has 17 heavy (non-hydrogen) atoms. The van der Waals surface area contributed by atoms with Gasteiger partial charge in [-0.05, 0) is 17.7 Å². The van der Waals surface area contributed by atoms with Crippen molar-refractivity contribution in [2.45, 2.75) is 12.2 Å². The van der Waals surface area contributed by atoms with Gasteiger partial charge in [0.25, 0.3) is 0 Å². The highest BCUT2D eigenvalue weighted by molar-refractivity contribution is 7.98. The summed E-state index contributed by atoms with van der Waals surface area (Å²) in [6, 6.07) is 7.84. The summed E-state index contributed by atoms with van der Waals surface area (Å²) in [6.45, 7) is 0. The number of ether oxygens (including phenoxy) is 1. The molecular formula is C12H14N2O2S. The molecule has 0 spiro atoms. The molecule has 0 saturated carbocycles. The highest BCUT2D eigenvalue weighted by Gasteiger charge is 2.02. The predicted octanol–water partition coefficient (Wildman–Crippen LogP) is 2.19. The van der Waals surface area contributed by atoms with Crippen molar-refractivity contribution in [2.24, 2.45) is 0 Å². The molecule has 4 nitrogen and oxygen atoms in total. The molecule has 0 atom stereocenters. The van der Waals surface area contributed by atoms with Crippen LogP contribution in [-0.4, -0.2) is 29.7 Å². The molecule has 1 aromatic rings. The van der Waals surface area contributed by atoms with E-state index >= 15 is 0 Å². The molecule has 90 valence electrons. The number of ketones is 1. The van der Waals surface area contributed by atoms with Crippen LogP contribution in [0.4, 0.5) is 0 Å². The van der Waals surface area contributed by atoms with Gasteiger partial charge in [0.2, 0.25) is 5.78 Å². The lowest BCUT2D eigenvalue weighted by Crippen LogP contribution is -2.01. The van der Waals surface area contributed by atoms with E-state index in [1.807, 2.05) is 24.3 Å². The van der Waals surface area contributed by atoms with E-state index in [0.717, 1.165) is 23.5 Å². The molecule has 0 radical (unpaired) electrons. The third-order valence-corrected chi connectivity index (χ3v) is 3.15. The molecule has 1 aromatic carbocycles. The van der Waals surface area contributed by atoms with Crippen LogP contribution in [0.1, 0.15) is 12.0 Å². The number of benzene rings is 1. The molecule has 0 fully saturated rings. The van der Waals surface area contributed by atoms with Gasteiger partial charge < -0.3 is 10.3 Å². The Labute approximate surface area is 105 Å². The molecule has 0 bridgehead atoms. The number of methoxy groups -OCH3 is 1. The lowest BCUT2D eigenvalue weighted by molar-refractivity contribution is -0.115. The van der Waals surface area contributed by atoms with E-state index in [9.17, 15) is 4.79 Å². The van der Waals surface area contributed by atoms with Gasteiger partial charge in [0.05, 0.1) is 7.11 Å². The fourth-order valence-corrected chi connectivity index (χ4v) is 2.13. The lowest BCUT2D eigenvalue weighted by Gasteiger charge is -2.02. The zero-order chi connectivity index (χ0) is 12.5. The van der Waals surface area contributed by atoms with E-state index in [2.05, 4.69) is 4.79 Å². The van der Waals surface area contributed by atoms with Crippen LogP contribution >= 0.6 is 11.8 Å². The number of carbonyl (C=O) groups is 1. The Morgan fingerprint density at radius 2 is 2.18 bits per heavy atom. The summed E-state index contributed by atoms with van der Waals surface area (Å²) in [5.41, 5.74) is 9.34. The summed E-state index contributed by atoms with van der Waals surface area (Å²) in [5, 5.41) is 0. The van der Waals surface area contributed by atoms with Gasteiger partial charge in [0.1, 0.15) is 5.75 Å². The van der Waals surface area contributed by atoms with E-state index < -0.39 is 0 Å². The monoisotopic (exact) mass is 250 g/mol. The first kappa shape index (κ1) is 13.5. The second-order valence-electron chi connectivity index (χ2n) is 3.36. The molecule has 0 aliphatic heterocycles. The summed E-state index contributed by atoms with van der Waals surface area (Å²) < 4.78 is 5.06. The number of hydrogen-bond acceptors (Lipinski definition) is 3. The largest absolute Gasteiger partial charge is 0.497 e. The van der Waals surface area contributed by atoms with Crippen LogP contribution in [0.3, 0.4) is 0 Å². The van der Waals surface area contributed by atoms with Gasteiger partial charge in [-0.2, -0.15) is 16.6 Å². The minimum Gasteiger partial charge on any atom is -0.497 e. The van der Waals surface area contributed by atoms with E-state index in [1.165, 1.54) is 5.56 Å².